The molecular formula is C29H31N3S2. The van der Waals surface area contributed by atoms with Gasteiger partial charge in [0.1, 0.15) is 0 Å². The molecule has 1 unspecified atom stereocenters. The lowest BCUT2D eigenvalue weighted by molar-refractivity contribution is 0.185. The Labute approximate surface area is 211 Å². The first-order chi connectivity index (χ1) is 16.8. The molecule has 1 aliphatic rings. The Morgan fingerprint density at radius 1 is 0.882 bits per heavy atom. The molecule has 0 radical (unpaired) electrons. The van der Waals surface area contributed by atoms with Gasteiger partial charge in [-0.3, -0.25) is 9.88 Å². The zero-order chi connectivity index (χ0) is 23.3. The van der Waals surface area contributed by atoms with Crippen molar-refractivity contribution in [2.75, 3.05) is 18.0 Å². The quantitative estimate of drug-likeness (QED) is 0.238. The molecule has 1 atom stereocenters. The number of para-hydroxylation sites is 1. The van der Waals surface area contributed by atoms with E-state index < -0.39 is 0 Å². The second-order valence-corrected chi connectivity index (χ2v) is 10.7. The van der Waals surface area contributed by atoms with Gasteiger partial charge in [-0.2, -0.15) is 0 Å². The van der Waals surface area contributed by atoms with E-state index in [0.717, 1.165) is 32.5 Å². The molecule has 3 heterocycles. The number of pyridine rings is 1. The fraction of sp³-hybridized carbons (Fsp3) is 0.276. The van der Waals surface area contributed by atoms with Gasteiger partial charge in [0.05, 0.1) is 11.4 Å². The number of benzene rings is 2. The van der Waals surface area contributed by atoms with E-state index in [1.807, 2.05) is 35.5 Å². The highest BCUT2D eigenvalue weighted by Crippen LogP contribution is 2.49. The topological polar surface area (TPSA) is 19.4 Å². The number of hydrogen-bond acceptors (Lipinski definition) is 5. The van der Waals surface area contributed by atoms with Crippen LogP contribution >= 0.6 is 23.1 Å². The summed E-state index contributed by atoms with van der Waals surface area (Å²) in [5.41, 5.74) is 5.10. The second-order valence-electron chi connectivity index (χ2n) is 8.63. The van der Waals surface area contributed by atoms with E-state index in [9.17, 15) is 0 Å². The summed E-state index contributed by atoms with van der Waals surface area (Å²) in [5.74, 6) is 0. The molecule has 0 amide bonds. The normalized spacial score (nSPS) is 13.6. The minimum atomic E-state index is 0.563. The Bertz CT molecular complexity index is 1210. The molecule has 1 aliphatic heterocycles. The van der Waals surface area contributed by atoms with E-state index in [4.69, 9.17) is 0 Å². The van der Waals surface area contributed by atoms with Crippen LogP contribution in [0, 0.1) is 0 Å². The molecule has 174 valence electrons. The minimum absolute atomic E-state index is 0.563. The molecule has 34 heavy (non-hydrogen) atoms. The highest BCUT2D eigenvalue weighted by atomic mass is 32.2. The first kappa shape index (κ1) is 23.2. The van der Waals surface area contributed by atoms with Crippen LogP contribution in [0.25, 0.3) is 11.1 Å². The zero-order valence-electron chi connectivity index (χ0n) is 19.9. The van der Waals surface area contributed by atoms with Crippen LogP contribution in [0.3, 0.4) is 0 Å². The van der Waals surface area contributed by atoms with Crippen LogP contribution in [0.1, 0.15) is 31.6 Å². The summed E-state index contributed by atoms with van der Waals surface area (Å²) in [5, 5.41) is 2.18. The van der Waals surface area contributed by atoms with Crippen LogP contribution in [0.4, 0.5) is 11.4 Å². The Balaban J connectivity index is 1.41. The Hall–Kier alpha value is -2.60. The fourth-order valence-corrected chi connectivity index (χ4v) is 6.69. The van der Waals surface area contributed by atoms with Gasteiger partial charge in [0.2, 0.25) is 0 Å². The zero-order valence-corrected chi connectivity index (χ0v) is 21.5. The van der Waals surface area contributed by atoms with Crippen molar-refractivity contribution >= 4 is 34.5 Å². The maximum absolute atomic E-state index is 4.18. The Morgan fingerprint density at radius 3 is 2.47 bits per heavy atom. The van der Waals surface area contributed by atoms with Crippen molar-refractivity contribution < 1.29 is 0 Å². The highest BCUT2D eigenvalue weighted by molar-refractivity contribution is 7.99. The predicted molar refractivity (Wildman–Crippen MR) is 146 cm³/mol. The average molecular weight is 486 g/mol. The van der Waals surface area contributed by atoms with Crippen molar-refractivity contribution in [3.63, 3.8) is 0 Å². The van der Waals surface area contributed by atoms with Gasteiger partial charge in [-0.05, 0) is 78.4 Å². The number of hydrogen-bond donors (Lipinski definition) is 0. The van der Waals surface area contributed by atoms with E-state index >= 15 is 0 Å². The van der Waals surface area contributed by atoms with Gasteiger partial charge in [0, 0.05) is 46.2 Å². The van der Waals surface area contributed by atoms with Gasteiger partial charge >= 0.3 is 0 Å². The van der Waals surface area contributed by atoms with Gasteiger partial charge in [-0.1, -0.05) is 49.9 Å². The minimum Gasteiger partial charge on any atom is -0.340 e. The molecule has 0 spiro atoms. The molecule has 0 bridgehead atoms. The Kier molecular flexibility index (Phi) is 7.33. The molecule has 5 heteroatoms. The maximum Gasteiger partial charge on any atom is 0.0553 e. The number of anilines is 2. The SMILES string of the molecule is CCC(CCN1c2ccccc2Sc2cc(-c3ccncc3)ccc21)N(CC)Cc1cccs1. The molecule has 2 aromatic heterocycles. The van der Waals surface area contributed by atoms with Crippen LogP contribution in [-0.4, -0.2) is 29.0 Å². The monoisotopic (exact) mass is 485 g/mol. The summed E-state index contributed by atoms with van der Waals surface area (Å²) in [7, 11) is 0. The number of nitrogens with zero attached hydrogens (tertiary/aromatic N) is 3. The third-order valence-electron chi connectivity index (χ3n) is 6.66. The lowest BCUT2D eigenvalue weighted by Crippen LogP contribution is -2.37. The second kappa shape index (κ2) is 10.8. The van der Waals surface area contributed by atoms with Crippen molar-refractivity contribution in [1.29, 1.82) is 0 Å². The van der Waals surface area contributed by atoms with E-state index in [2.05, 4.69) is 101 Å². The first-order valence-corrected chi connectivity index (χ1v) is 13.8. The number of thiophene rings is 1. The lowest BCUT2D eigenvalue weighted by Gasteiger charge is -2.36. The standard InChI is InChI=1S/C29H31N3S2/c1-3-24(31(4-2)21-25-8-7-19-33-25)15-18-32-26-9-5-6-10-28(26)34-29-20-23(11-12-27(29)32)22-13-16-30-17-14-22/h5-14,16-17,19-20,24H,3-4,15,18,21H2,1-2H3. The third kappa shape index (κ3) is 4.92. The van der Waals surface area contributed by atoms with Crippen LogP contribution in [-0.2, 0) is 6.54 Å². The van der Waals surface area contributed by atoms with E-state index in [1.165, 1.54) is 37.2 Å². The summed E-state index contributed by atoms with van der Waals surface area (Å²) >= 11 is 3.75. The summed E-state index contributed by atoms with van der Waals surface area (Å²) in [6, 6.07) is 24.9. The van der Waals surface area contributed by atoms with Gasteiger partial charge in [-0.25, -0.2) is 0 Å². The summed E-state index contributed by atoms with van der Waals surface area (Å²) in [4.78, 5) is 13.5. The van der Waals surface area contributed by atoms with Gasteiger partial charge in [0.15, 0.2) is 0 Å². The van der Waals surface area contributed by atoms with Gasteiger partial charge in [0.25, 0.3) is 0 Å². The van der Waals surface area contributed by atoms with Crippen molar-refractivity contribution in [2.45, 2.75) is 49.1 Å². The molecule has 0 fully saturated rings. The number of fused-ring (bicyclic) bond motifs is 2. The molecule has 2 aromatic carbocycles. The van der Waals surface area contributed by atoms with E-state index in [1.54, 1.807) is 0 Å². The fourth-order valence-electron chi connectivity index (χ4n) is 4.82. The highest BCUT2D eigenvalue weighted by Gasteiger charge is 2.25. The Morgan fingerprint density at radius 2 is 1.71 bits per heavy atom. The summed E-state index contributed by atoms with van der Waals surface area (Å²) in [6.07, 6.45) is 6.03. The maximum atomic E-state index is 4.18. The summed E-state index contributed by atoms with van der Waals surface area (Å²) in [6.45, 7) is 7.76. The van der Waals surface area contributed by atoms with Crippen LogP contribution in [0.2, 0.25) is 0 Å². The molecule has 5 rings (SSSR count). The third-order valence-corrected chi connectivity index (χ3v) is 8.63. The van der Waals surface area contributed by atoms with Crippen molar-refractivity contribution in [3.8, 4) is 11.1 Å². The molecule has 0 saturated carbocycles. The van der Waals surface area contributed by atoms with Gasteiger partial charge < -0.3 is 4.90 Å². The largest absolute Gasteiger partial charge is 0.340 e. The molecule has 0 N–H and O–H groups in total. The smallest absolute Gasteiger partial charge is 0.0553 e. The lowest BCUT2D eigenvalue weighted by atomic mass is 10.0. The molecule has 4 aromatic rings. The van der Waals surface area contributed by atoms with Crippen LogP contribution in [0.5, 0.6) is 0 Å². The summed E-state index contributed by atoms with van der Waals surface area (Å²) < 4.78 is 0. The first-order valence-electron chi connectivity index (χ1n) is 12.1. The predicted octanol–water partition coefficient (Wildman–Crippen LogP) is 8.10. The van der Waals surface area contributed by atoms with Crippen molar-refractivity contribution in [2.24, 2.45) is 0 Å². The van der Waals surface area contributed by atoms with E-state index in [0.29, 0.717) is 6.04 Å². The van der Waals surface area contributed by atoms with Crippen molar-refractivity contribution in [1.82, 2.24) is 9.88 Å². The average Bonchev–Trinajstić information content (AvgIpc) is 3.41. The molecular weight excluding hydrogens is 454 g/mol. The molecule has 0 saturated heterocycles. The van der Waals surface area contributed by atoms with Crippen LogP contribution < -0.4 is 4.90 Å². The molecule has 3 nitrogen and oxygen atoms in total. The number of aromatic nitrogens is 1. The van der Waals surface area contributed by atoms with Crippen molar-refractivity contribution in [3.05, 3.63) is 89.4 Å². The van der Waals surface area contributed by atoms with E-state index in [-0.39, 0.29) is 0 Å². The molecule has 0 aliphatic carbocycles. The van der Waals surface area contributed by atoms with Gasteiger partial charge in [-0.15, -0.1) is 11.3 Å². The number of rotatable bonds is 9. The van der Waals surface area contributed by atoms with Crippen LogP contribution in [0.15, 0.2) is 94.3 Å².